The van der Waals surface area contributed by atoms with Gasteiger partial charge in [-0.05, 0) is 12.8 Å². The van der Waals surface area contributed by atoms with Crippen LogP contribution >= 0.6 is 0 Å². The Labute approximate surface area is 112 Å². The SMILES string of the molecule is CCCCN(CCCC)C(=O)OCC[N+](C)(C)C. The summed E-state index contributed by atoms with van der Waals surface area (Å²) in [6, 6.07) is 0. The van der Waals surface area contributed by atoms with Crippen LogP contribution in [0, 0.1) is 0 Å². The number of nitrogens with zero attached hydrogens (tertiary/aromatic N) is 2. The highest BCUT2D eigenvalue weighted by Gasteiger charge is 2.15. The zero-order chi connectivity index (χ0) is 14.0. The predicted octanol–water partition coefficient (Wildman–Crippen LogP) is 2.73. The zero-order valence-corrected chi connectivity index (χ0v) is 12.9. The molecule has 0 fully saturated rings. The van der Waals surface area contributed by atoms with Crippen molar-refractivity contribution in [3.05, 3.63) is 0 Å². The van der Waals surface area contributed by atoms with E-state index in [1.165, 1.54) is 0 Å². The first kappa shape index (κ1) is 17.2. The lowest BCUT2D eigenvalue weighted by Gasteiger charge is -2.25. The van der Waals surface area contributed by atoms with Gasteiger partial charge in [-0.25, -0.2) is 4.79 Å². The highest BCUT2D eigenvalue weighted by Crippen LogP contribution is 2.02. The first-order chi connectivity index (χ1) is 8.40. The Balaban J connectivity index is 4.03. The van der Waals surface area contributed by atoms with E-state index in [0.29, 0.717) is 6.61 Å². The van der Waals surface area contributed by atoms with E-state index in [1.54, 1.807) is 0 Å². The molecule has 0 bridgehead atoms. The molecule has 0 aromatic rings. The van der Waals surface area contributed by atoms with Gasteiger partial charge in [-0.3, -0.25) is 0 Å². The van der Waals surface area contributed by atoms with Crippen molar-refractivity contribution in [1.82, 2.24) is 4.90 Å². The lowest BCUT2D eigenvalue weighted by Crippen LogP contribution is -2.40. The van der Waals surface area contributed by atoms with Gasteiger partial charge in [0.2, 0.25) is 0 Å². The molecule has 1 amide bonds. The molecule has 0 saturated carbocycles. The van der Waals surface area contributed by atoms with Gasteiger partial charge in [-0.15, -0.1) is 0 Å². The molecule has 0 aromatic carbocycles. The monoisotopic (exact) mass is 259 g/mol. The summed E-state index contributed by atoms with van der Waals surface area (Å²) in [7, 11) is 6.29. The highest BCUT2D eigenvalue weighted by molar-refractivity contribution is 5.67. The van der Waals surface area contributed by atoms with Crippen LogP contribution in [-0.2, 0) is 4.74 Å². The van der Waals surface area contributed by atoms with Gasteiger partial charge in [0.25, 0.3) is 0 Å². The molecule has 0 atom stereocenters. The second-order valence-corrected chi connectivity index (χ2v) is 5.82. The Bertz CT molecular complexity index is 216. The molecule has 4 heteroatoms. The number of unbranched alkanes of at least 4 members (excludes halogenated alkanes) is 2. The average molecular weight is 259 g/mol. The van der Waals surface area contributed by atoms with Crippen molar-refractivity contribution in [3.8, 4) is 0 Å². The molecule has 4 nitrogen and oxygen atoms in total. The van der Waals surface area contributed by atoms with E-state index in [1.807, 2.05) is 4.90 Å². The van der Waals surface area contributed by atoms with E-state index in [2.05, 4.69) is 35.0 Å². The van der Waals surface area contributed by atoms with Crippen molar-refractivity contribution >= 4 is 6.09 Å². The average Bonchev–Trinajstić information content (AvgIpc) is 2.27. The number of ether oxygens (including phenoxy) is 1. The van der Waals surface area contributed by atoms with Gasteiger partial charge in [0.15, 0.2) is 0 Å². The summed E-state index contributed by atoms with van der Waals surface area (Å²) in [6.07, 6.45) is 4.16. The molecule has 0 radical (unpaired) electrons. The summed E-state index contributed by atoms with van der Waals surface area (Å²) in [6.45, 7) is 7.26. The Hall–Kier alpha value is -0.770. The maximum absolute atomic E-state index is 11.9. The summed E-state index contributed by atoms with van der Waals surface area (Å²) >= 11 is 0. The maximum atomic E-state index is 11.9. The number of amides is 1. The van der Waals surface area contributed by atoms with Crippen LogP contribution in [0.3, 0.4) is 0 Å². The molecule has 0 aromatic heterocycles. The van der Waals surface area contributed by atoms with E-state index in [4.69, 9.17) is 4.74 Å². The molecule has 0 rings (SSSR count). The minimum absolute atomic E-state index is 0.148. The van der Waals surface area contributed by atoms with Crippen molar-refractivity contribution in [1.29, 1.82) is 0 Å². The minimum atomic E-state index is -0.148. The van der Waals surface area contributed by atoms with Gasteiger partial charge >= 0.3 is 6.09 Å². The molecule has 108 valence electrons. The van der Waals surface area contributed by atoms with E-state index in [0.717, 1.165) is 49.8 Å². The number of carbonyl (C=O) groups is 1. The fourth-order valence-electron chi connectivity index (χ4n) is 1.49. The molecule has 0 aliphatic heterocycles. The molecule has 0 spiro atoms. The van der Waals surface area contributed by atoms with Crippen molar-refractivity contribution in [2.45, 2.75) is 39.5 Å². The number of carbonyl (C=O) groups excluding carboxylic acids is 1. The van der Waals surface area contributed by atoms with Crippen LogP contribution in [-0.4, -0.2) is 62.9 Å². The van der Waals surface area contributed by atoms with Gasteiger partial charge in [-0.2, -0.15) is 0 Å². The van der Waals surface area contributed by atoms with Crippen LogP contribution in [0.15, 0.2) is 0 Å². The van der Waals surface area contributed by atoms with E-state index >= 15 is 0 Å². The Morgan fingerprint density at radius 2 is 1.56 bits per heavy atom. The Morgan fingerprint density at radius 1 is 1.06 bits per heavy atom. The first-order valence-electron chi connectivity index (χ1n) is 7.13. The van der Waals surface area contributed by atoms with Crippen molar-refractivity contribution in [2.24, 2.45) is 0 Å². The van der Waals surface area contributed by atoms with Crippen molar-refractivity contribution < 1.29 is 14.0 Å². The fraction of sp³-hybridized carbons (Fsp3) is 0.929. The molecule has 0 aliphatic carbocycles. The molecule has 0 saturated heterocycles. The zero-order valence-electron chi connectivity index (χ0n) is 12.9. The normalized spacial score (nSPS) is 11.4. The predicted molar refractivity (Wildman–Crippen MR) is 75.6 cm³/mol. The van der Waals surface area contributed by atoms with E-state index in [9.17, 15) is 4.79 Å². The fourth-order valence-corrected chi connectivity index (χ4v) is 1.49. The number of rotatable bonds is 9. The molecule has 0 N–H and O–H groups in total. The van der Waals surface area contributed by atoms with Crippen LogP contribution < -0.4 is 0 Å². The Kier molecular flexibility index (Phi) is 8.81. The topological polar surface area (TPSA) is 29.5 Å². The first-order valence-corrected chi connectivity index (χ1v) is 7.13. The number of hydrogen-bond donors (Lipinski definition) is 0. The van der Waals surface area contributed by atoms with Crippen LogP contribution in [0.1, 0.15) is 39.5 Å². The molecule has 0 heterocycles. The summed E-state index contributed by atoms with van der Waals surface area (Å²) in [4.78, 5) is 13.8. The lowest BCUT2D eigenvalue weighted by atomic mass is 10.3. The van der Waals surface area contributed by atoms with Crippen LogP contribution in [0.4, 0.5) is 4.79 Å². The lowest BCUT2D eigenvalue weighted by molar-refractivity contribution is -0.870. The maximum Gasteiger partial charge on any atom is 0.409 e. The van der Waals surface area contributed by atoms with Gasteiger partial charge in [0.1, 0.15) is 13.2 Å². The minimum Gasteiger partial charge on any atom is -0.443 e. The third kappa shape index (κ3) is 9.28. The Morgan fingerprint density at radius 3 is 1.94 bits per heavy atom. The number of hydrogen-bond acceptors (Lipinski definition) is 2. The standard InChI is InChI=1S/C14H31N2O2/c1-6-8-10-15(11-9-7-2)14(17)18-13-12-16(3,4)5/h6-13H2,1-5H3/q+1. The van der Waals surface area contributed by atoms with Crippen molar-refractivity contribution in [3.63, 3.8) is 0 Å². The summed E-state index contributed by atoms with van der Waals surface area (Å²) in [5.74, 6) is 0. The van der Waals surface area contributed by atoms with Crippen LogP contribution in [0.25, 0.3) is 0 Å². The molecule has 0 aliphatic rings. The van der Waals surface area contributed by atoms with E-state index < -0.39 is 0 Å². The van der Waals surface area contributed by atoms with Gasteiger partial charge in [0.05, 0.1) is 21.1 Å². The summed E-state index contributed by atoms with van der Waals surface area (Å²) < 4.78 is 6.16. The van der Waals surface area contributed by atoms with Crippen molar-refractivity contribution in [2.75, 3.05) is 47.4 Å². The molecular weight excluding hydrogens is 228 g/mol. The second-order valence-electron chi connectivity index (χ2n) is 5.82. The largest absolute Gasteiger partial charge is 0.443 e. The summed E-state index contributed by atoms with van der Waals surface area (Å²) in [5.41, 5.74) is 0. The van der Waals surface area contributed by atoms with Crippen LogP contribution in [0.5, 0.6) is 0 Å². The quantitative estimate of drug-likeness (QED) is 0.596. The van der Waals surface area contributed by atoms with Crippen LogP contribution in [0.2, 0.25) is 0 Å². The smallest absolute Gasteiger partial charge is 0.409 e. The van der Waals surface area contributed by atoms with Gasteiger partial charge < -0.3 is 14.1 Å². The third-order valence-electron chi connectivity index (χ3n) is 2.81. The number of likely N-dealkylation sites (N-methyl/N-ethyl adjacent to an activating group) is 1. The molecule has 18 heavy (non-hydrogen) atoms. The molecule has 0 unspecified atom stereocenters. The second kappa shape index (κ2) is 9.20. The third-order valence-corrected chi connectivity index (χ3v) is 2.81. The highest BCUT2D eigenvalue weighted by atomic mass is 16.6. The van der Waals surface area contributed by atoms with Gasteiger partial charge in [0, 0.05) is 13.1 Å². The van der Waals surface area contributed by atoms with Gasteiger partial charge in [-0.1, -0.05) is 26.7 Å². The van der Waals surface area contributed by atoms with E-state index in [-0.39, 0.29) is 6.09 Å². The summed E-state index contributed by atoms with van der Waals surface area (Å²) in [5, 5.41) is 0. The molecular formula is C14H31N2O2+. The number of quaternary nitrogens is 1.